The topological polar surface area (TPSA) is 96.2 Å². The first-order chi connectivity index (χ1) is 10.1. The number of carbonyl (C=O) groups is 1. The predicted molar refractivity (Wildman–Crippen MR) is 84.9 cm³/mol. The first-order valence-electron chi connectivity index (χ1n) is 7.50. The van der Waals surface area contributed by atoms with E-state index in [4.69, 9.17) is 5.84 Å². The highest BCUT2D eigenvalue weighted by atomic mass is 16.2. The van der Waals surface area contributed by atoms with Crippen molar-refractivity contribution < 1.29 is 4.79 Å². The normalized spacial score (nSPS) is 10.3. The number of aryl methyl sites for hydroxylation is 1. The van der Waals surface area contributed by atoms with Gasteiger partial charge < -0.3 is 15.6 Å². The van der Waals surface area contributed by atoms with E-state index in [9.17, 15) is 4.79 Å². The first kappa shape index (κ1) is 17.2. The van der Waals surface area contributed by atoms with E-state index in [0.717, 1.165) is 31.8 Å². The van der Waals surface area contributed by atoms with Crippen molar-refractivity contribution in [1.82, 2.24) is 14.9 Å². The van der Waals surface area contributed by atoms with Crippen LogP contribution in [-0.4, -0.2) is 40.4 Å². The molecule has 0 radical (unpaired) electrons. The largest absolute Gasteiger partial charge is 0.369 e. The van der Waals surface area contributed by atoms with Crippen molar-refractivity contribution >= 4 is 17.5 Å². The third-order valence-corrected chi connectivity index (χ3v) is 3.16. The number of hydrogen-bond acceptors (Lipinski definition) is 6. The number of hydrazine groups is 1. The Bertz CT molecular complexity index is 447. The van der Waals surface area contributed by atoms with E-state index in [1.165, 1.54) is 0 Å². The average molecular weight is 294 g/mol. The van der Waals surface area contributed by atoms with Gasteiger partial charge in [-0.3, -0.25) is 4.79 Å². The van der Waals surface area contributed by atoms with Crippen LogP contribution < -0.4 is 16.6 Å². The summed E-state index contributed by atoms with van der Waals surface area (Å²) >= 11 is 0. The number of nitrogens with one attached hydrogen (secondary N) is 2. The number of hydrogen-bond donors (Lipinski definition) is 3. The molecule has 0 aromatic carbocycles. The van der Waals surface area contributed by atoms with E-state index in [1.54, 1.807) is 6.07 Å². The summed E-state index contributed by atoms with van der Waals surface area (Å²) in [6.07, 6.45) is 2.21. The van der Waals surface area contributed by atoms with Gasteiger partial charge in [0.05, 0.1) is 0 Å². The minimum absolute atomic E-state index is 0.146. The van der Waals surface area contributed by atoms with Crippen LogP contribution in [0.25, 0.3) is 0 Å². The SMILES string of the molecule is CCCc1nc(NN)cc(NCCC(=O)N(CC)CC)n1. The maximum Gasteiger partial charge on any atom is 0.224 e. The third kappa shape index (κ3) is 5.55. The summed E-state index contributed by atoms with van der Waals surface area (Å²) < 4.78 is 0. The number of aromatic nitrogens is 2. The van der Waals surface area contributed by atoms with Crippen molar-refractivity contribution in [2.75, 3.05) is 30.4 Å². The molecule has 1 aromatic heterocycles. The second-order valence-electron chi connectivity index (χ2n) is 4.69. The van der Waals surface area contributed by atoms with Crippen molar-refractivity contribution in [1.29, 1.82) is 0 Å². The molecule has 1 amide bonds. The van der Waals surface area contributed by atoms with Gasteiger partial charge in [-0.15, -0.1) is 0 Å². The Morgan fingerprint density at radius 2 is 1.90 bits per heavy atom. The Hall–Kier alpha value is -1.89. The predicted octanol–water partition coefficient (Wildman–Crippen LogP) is 1.39. The Morgan fingerprint density at radius 3 is 2.48 bits per heavy atom. The molecule has 0 aliphatic heterocycles. The van der Waals surface area contributed by atoms with Gasteiger partial charge in [0, 0.05) is 38.5 Å². The molecule has 0 aliphatic rings. The maximum atomic E-state index is 11.9. The number of amides is 1. The lowest BCUT2D eigenvalue weighted by molar-refractivity contribution is -0.130. The van der Waals surface area contributed by atoms with Gasteiger partial charge in [0.1, 0.15) is 17.5 Å². The fourth-order valence-electron chi connectivity index (χ4n) is 2.03. The van der Waals surface area contributed by atoms with Crippen molar-refractivity contribution in [3.8, 4) is 0 Å². The summed E-state index contributed by atoms with van der Waals surface area (Å²) in [6, 6.07) is 1.74. The summed E-state index contributed by atoms with van der Waals surface area (Å²) in [5.41, 5.74) is 2.54. The van der Waals surface area contributed by atoms with Gasteiger partial charge in [0.25, 0.3) is 0 Å². The van der Waals surface area contributed by atoms with Crippen LogP contribution in [-0.2, 0) is 11.2 Å². The summed E-state index contributed by atoms with van der Waals surface area (Å²) in [5, 5.41) is 3.16. The molecule has 0 fully saturated rings. The molecule has 4 N–H and O–H groups in total. The smallest absolute Gasteiger partial charge is 0.224 e. The van der Waals surface area contributed by atoms with Crippen LogP contribution >= 0.6 is 0 Å². The molecular formula is C14H26N6O. The Morgan fingerprint density at radius 1 is 1.24 bits per heavy atom. The highest BCUT2D eigenvalue weighted by molar-refractivity contribution is 5.76. The summed E-state index contributed by atoms with van der Waals surface area (Å²) in [4.78, 5) is 22.4. The molecule has 0 saturated carbocycles. The van der Waals surface area contributed by atoms with Gasteiger partial charge >= 0.3 is 0 Å². The number of carbonyl (C=O) groups excluding carboxylic acids is 1. The first-order valence-corrected chi connectivity index (χ1v) is 7.50. The molecule has 0 unspecified atom stereocenters. The number of nitrogen functional groups attached to an aromatic ring is 1. The molecule has 1 aromatic rings. The van der Waals surface area contributed by atoms with Gasteiger partial charge in [0.15, 0.2) is 0 Å². The van der Waals surface area contributed by atoms with Gasteiger partial charge in [-0.2, -0.15) is 0 Å². The second-order valence-corrected chi connectivity index (χ2v) is 4.69. The average Bonchev–Trinajstić information content (AvgIpc) is 2.48. The molecule has 0 aliphatic carbocycles. The molecule has 7 heteroatoms. The number of anilines is 2. The molecule has 21 heavy (non-hydrogen) atoms. The van der Waals surface area contributed by atoms with Crippen molar-refractivity contribution in [3.63, 3.8) is 0 Å². The monoisotopic (exact) mass is 294 g/mol. The van der Waals surface area contributed by atoms with E-state index in [-0.39, 0.29) is 5.91 Å². The van der Waals surface area contributed by atoms with E-state index < -0.39 is 0 Å². The highest BCUT2D eigenvalue weighted by Crippen LogP contribution is 2.11. The summed E-state index contributed by atoms with van der Waals surface area (Å²) in [6.45, 7) is 8.06. The van der Waals surface area contributed by atoms with Crippen LogP contribution in [0.1, 0.15) is 39.4 Å². The van der Waals surface area contributed by atoms with Crippen LogP contribution in [0.3, 0.4) is 0 Å². The lowest BCUT2D eigenvalue weighted by Crippen LogP contribution is -2.31. The van der Waals surface area contributed by atoms with Crippen molar-refractivity contribution in [2.45, 2.75) is 40.0 Å². The number of nitrogens with zero attached hydrogens (tertiary/aromatic N) is 3. The zero-order valence-corrected chi connectivity index (χ0v) is 13.1. The molecular weight excluding hydrogens is 268 g/mol. The highest BCUT2D eigenvalue weighted by Gasteiger charge is 2.09. The van der Waals surface area contributed by atoms with Crippen LogP contribution in [0.4, 0.5) is 11.6 Å². The zero-order chi connectivity index (χ0) is 15.7. The van der Waals surface area contributed by atoms with Gasteiger partial charge in [0.2, 0.25) is 5.91 Å². The fraction of sp³-hybridized carbons (Fsp3) is 0.643. The van der Waals surface area contributed by atoms with Gasteiger partial charge in [-0.25, -0.2) is 15.8 Å². The molecule has 0 saturated heterocycles. The Labute approximate surface area is 126 Å². The van der Waals surface area contributed by atoms with E-state index >= 15 is 0 Å². The minimum Gasteiger partial charge on any atom is -0.369 e. The van der Waals surface area contributed by atoms with Gasteiger partial charge in [-0.05, 0) is 20.3 Å². The number of rotatable bonds is 9. The molecule has 1 rings (SSSR count). The second kappa shape index (κ2) is 9.12. The van der Waals surface area contributed by atoms with Crippen molar-refractivity contribution in [2.24, 2.45) is 5.84 Å². The lowest BCUT2D eigenvalue weighted by Gasteiger charge is -2.18. The van der Waals surface area contributed by atoms with Crippen LogP contribution in [0.5, 0.6) is 0 Å². The molecule has 118 valence electrons. The quantitative estimate of drug-likeness (QED) is 0.470. The van der Waals surface area contributed by atoms with E-state index in [2.05, 4.69) is 27.6 Å². The minimum atomic E-state index is 0.146. The van der Waals surface area contributed by atoms with Gasteiger partial charge in [-0.1, -0.05) is 6.92 Å². The summed E-state index contributed by atoms with van der Waals surface area (Å²) in [5.74, 6) is 7.56. The number of nitrogens with two attached hydrogens (primary N) is 1. The Kier molecular flexibility index (Phi) is 7.45. The van der Waals surface area contributed by atoms with E-state index in [0.29, 0.717) is 24.6 Å². The summed E-state index contributed by atoms with van der Waals surface area (Å²) in [7, 11) is 0. The standard InChI is InChI=1S/C14H26N6O/c1-4-7-11-17-12(10-13(18-11)19-15)16-9-8-14(21)20(5-2)6-3/h10H,4-9,15H2,1-3H3,(H2,16,17,18,19). The molecule has 0 spiro atoms. The third-order valence-electron chi connectivity index (χ3n) is 3.16. The molecule has 0 atom stereocenters. The van der Waals surface area contributed by atoms with Crippen molar-refractivity contribution in [3.05, 3.63) is 11.9 Å². The maximum absolute atomic E-state index is 11.9. The fourth-order valence-corrected chi connectivity index (χ4v) is 2.03. The molecule has 0 bridgehead atoms. The lowest BCUT2D eigenvalue weighted by atomic mass is 10.3. The Balaban J connectivity index is 2.58. The van der Waals surface area contributed by atoms with E-state index in [1.807, 2.05) is 18.7 Å². The zero-order valence-electron chi connectivity index (χ0n) is 13.1. The van der Waals surface area contributed by atoms with Crippen LogP contribution in [0.15, 0.2) is 6.07 Å². The van der Waals surface area contributed by atoms with Crippen LogP contribution in [0.2, 0.25) is 0 Å². The van der Waals surface area contributed by atoms with Crippen LogP contribution in [0, 0.1) is 0 Å². The molecule has 7 nitrogen and oxygen atoms in total. The molecule has 1 heterocycles.